The molecule has 4 heteroatoms. The van der Waals surface area contributed by atoms with Crippen LogP contribution in [-0.4, -0.2) is 16.1 Å². The van der Waals surface area contributed by atoms with Crippen molar-refractivity contribution in [3.8, 4) is 0 Å². The van der Waals surface area contributed by atoms with Crippen LogP contribution in [0.15, 0.2) is 16.7 Å². The zero-order valence-electron chi connectivity index (χ0n) is 7.41. The molecule has 0 atom stereocenters. The molecule has 1 saturated carbocycles. The number of carboxylic acid groups (broad SMARTS) is 1. The number of fused-ring (bicyclic) bond motifs is 1. The van der Waals surface area contributed by atoms with Crippen LogP contribution in [0.2, 0.25) is 0 Å². The van der Waals surface area contributed by atoms with Crippen LogP contribution >= 0.6 is 0 Å². The Kier molecular flexibility index (Phi) is 1.32. The fraction of sp³-hybridized carbons (Fsp3) is 0.300. The highest BCUT2D eigenvalue weighted by Crippen LogP contribution is 2.43. The van der Waals surface area contributed by atoms with Crippen LogP contribution in [-0.2, 0) is 0 Å². The summed E-state index contributed by atoms with van der Waals surface area (Å²) in [4.78, 5) is 13.6. The first-order chi connectivity index (χ1) is 6.75. The zero-order valence-corrected chi connectivity index (χ0v) is 7.41. The van der Waals surface area contributed by atoms with E-state index in [4.69, 9.17) is 9.52 Å². The summed E-state index contributed by atoms with van der Waals surface area (Å²) < 4.78 is 5.29. The maximum absolute atomic E-state index is 10.7. The SMILES string of the molecule is O=C(O)c1cc2occ(C3CC3)c2[nH]1. The monoisotopic (exact) mass is 191 g/mol. The van der Waals surface area contributed by atoms with Gasteiger partial charge < -0.3 is 14.5 Å². The van der Waals surface area contributed by atoms with Crippen molar-refractivity contribution in [2.24, 2.45) is 0 Å². The molecular weight excluding hydrogens is 182 g/mol. The lowest BCUT2D eigenvalue weighted by Crippen LogP contribution is -1.95. The highest BCUT2D eigenvalue weighted by atomic mass is 16.4. The van der Waals surface area contributed by atoms with Crippen LogP contribution in [0.25, 0.3) is 11.1 Å². The molecule has 2 aromatic rings. The van der Waals surface area contributed by atoms with Crippen molar-refractivity contribution in [2.45, 2.75) is 18.8 Å². The van der Waals surface area contributed by atoms with E-state index >= 15 is 0 Å². The van der Waals surface area contributed by atoms with E-state index in [-0.39, 0.29) is 5.69 Å². The largest absolute Gasteiger partial charge is 0.477 e. The summed E-state index contributed by atoms with van der Waals surface area (Å²) in [6.07, 6.45) is 4.08. The number of hydrogen-bond donors (Lipinski definition) is 2. The van der Waals surface area contributed by atoms with Gasteiger partial charge in [0.1, 0.15) is 5.69 Å². The van der Waals surface area contributed by atoms with E-state index in [9.17, 15) is 4.79 Å². The number of rotatable bonds is 2. The highest BCUT2D eigenvalue weighted by Gasteiger charge is 2.28. The first kappa shape index (κ1) is 7.67. The lowest BCUT2D eigenvalue weighted by atomic mass is 10.2. The van der Waals surface area contributed by atoms with E-state index < -0.39 is 5.97 Å². The average Bonchev–Trinajstić information content (AvgIpc) is 2.77. The minimum absolute atomic E-state index is 0.196. The van der Waals surface area contributed by atoms with Crippen LogP contribution in [0, 0.1) is 0 Å². The van der Waals surface area contributed by atoms with Crippen LogP contribution in [0.5, 0.6) is 0 Å². The van der Waals surface area contributed by atoms with Gasteiger partial charge >= 0.3 is 5.97 Å². The normalized spacial score (nSPS) is 16.3. The Hall–Kier alpha value is -1.71. The van der Waals surface area contributed by atoms with Crippen molar-refractivity contribution >= 4 is 17.1 Å². The fourth-order valence-corrected chi connectivity index (χ4v) is 1.74. The summed E-state index contributed by atoms with van der Waals surface area (Å²) in [6, 6.07) is 1.53. The minimum atomic E-state index is -0.946. The molecule has 1 aliphatic rings. The van der Waals surface area contributed by atoms with Crippen LogP contribution in [0.3, 0.4) is 0 Å². The first-order valence-electron chi connectivity index (χ1n) is 4.59. The van der Waals surface area contributed by atoms with Crippen LogP contribution < -0.4 is 0 Å². The number of aromatic carboxylic acids is 1. The maximum Gasteiger partial charge on any atom is 0.352 e. The molecular formula is C10H9NO3. The molecule has 1 fully saturated rings. The Balaban J connectivity index is 2.18. The van der Waals surface area contributed by atoms with E-state index in [0.29, 0.717) is 11.5 Å². The van der Waals surface area contributed by atoms with Gasteiger partial charge in [0.15, 0.2) is 5.58 Å². The summed E-state index contributed by atoms with van der Waals surface area (Å²) in [7, 11) is 0. The lowest BCUT2D eigenvalue weighted by Gasteiger charge is -1.89. The molecule has 2 aromatic heterocycles. The van der Waals surface area contributed by atoms with Crippen molar-refractivity contribution in [1.82, 2.24) is 4.98 Å². The molecule has 0 saturated heterocycles. The molecule has 1 aliphatic carbocycles. The second-order valence-electron chi connectivity index (χ2n) is 3.69. The van der Waals surface area contributed by atoms with E-state index in [1.807, 2.05) is 0 Å². The summed E-state index contributed by atoms with van der Waals surface area (Å²) in [5.74, 6) is -0.380. The predicted molar refractivity (Wildman–Crippen MR) is 49.5 cm³/mol. The number of furan rings is 1. The second kappa shape index (κ2) is 2.41. The van der Waals surface area contributed by atoms with Crippen molar-refractivity contribution in [2.75, 3.05) is 0 Å². The number of aromatic amines is 1. The number of carbonyl (C=O) groups is 1. The molecule has 72 valence electrons. The standard InChI is InChI=1S/C10H9NO3/c12-10(13)7-3-8-9(11-7)6(4-14-8)5-1-2-5/h3-5,11H,1-2H2,(H,12,13). The summed E-state index contributed by atoms with van der Waals surface area (Å²) in [6.45, 7) is 0. The molecule has 3 rings (SSSR count). The summed E-state index contributed by atoms with van der Waals surface area (Å²) in [5, 5.41) is 8.78. The van der Waals surface area contributed by atoms with E-state index in [1.54, 1.807) is 6.26 Å². The molecule has 0 bridgehead atoms. The molecule has 0 spiro atoms. The first-order valence-corrected chi connectivity index (χ1v) is 4.59. The molecule has 0 aromatic carbocycles. The number of nitrogens with one attached hydrogen (secondary N) is 1. The van der Waals surface area contributed by atoms with E-state index in [0.717, 1.165) is 11.1 Å². The third kappa shape index (κ3) is 0.968. The van der Waals surface area contributed by atoms with Crippen molar-refractivity contribution in [3.05, 3.63) is 23.6 Å². The number of H-pyrrole nitrogens is 1. The van der Waals surface area contributed by atoms with Gasteiger partial charge in [0.05, 0.1) is 11.8 Å². The summed E-state index contributed by atoms with van der Waals surface area (Å²) >= 11 is 0. The van der Waals surface area contributed by atoms with Crippen LogP contribution in [0.4, 0.5) is 0 Å². The van der Waals surface area contributed by atoms with Crippen LogP contribution in [0.1, 0.15) is 34.8 Å². The number of hydrogen-bond acceptors (Lipinski definition) is 2. The second-order valence-corrected chi connectivity index (χ2v) is 3.69. The molecule has 0 radical (unpaired) electrons. The Bertz CT molecular complexity index is 504. The third-order valence-electron chi connectivity index (χ3n) is 2.63. The molecule has 0 aliphatic heterocycles. The fourth-order valence-electron chi connectivity index (χ4n) is 1.74. The van der Waals surface area contributed by atoms with Gasteiger partial charge in [-0.25, -0.2) is 4.79 Å². The predicted octanol–water partition coefficient (Wildman–Crippen LogP) is 2.34. The topological polar surface area (TPSA) is 66.2 Å². The quantitative estimate of drug-likeness (QED) is 0.765. The zero-order chi connectivity index (χ0) is 9.71. The molecule has 0 amide bonds. The minimum Gasteiger partial charge on any atom is -0.477 e. The van der Waals surface area contributed by atoms with Gasteiger partial charge in [0.25, 0.3) is 0 Å². The Morgan fingerprint density at radius 1 is 1.57 bits per heavy atom. The maximum atomic E-state index is 10.7. The van der Waals surface area contributed by atoms with Gasteiger partial charge in [-0.2, -0.15) is 0 Å². The van der Waals surface area contributed by atoms with Gasteiger partial charge in [-0.15, -0.1) is 0 Å². The third-order valence-corrected chi connectivity index (χ3v) is 2.63. The average molecular weight is 191 g/mol. The van der Waals surface area contributed by atoms with Gasteiger partial charge in [0.2, 0.25) is 0 Å². The van der Waals surface area contributed by atoms with Crippen molar-refractivity contribution in [1.29, 1.82) is 0 Å². The van der Waals surface area contributed by atoms with Gasteiger partial charge in [-0.3, -0.25) is 0 Å². The smallest absolute Gasteiger partial charge is 0.352 e. The lowest BCUT2D eigenvalue weighted by molar-refractivity contribution is 0.0691. The Morgan fingerprint density at radius 2 is 2.36 bits per heavy atom. The van der Waals surface area contributed by atoms with Crippen molar-refractivity contribution in [3.63, 3.8) is 0 Å². The van der Waals surface area contributed by atoms with E-state index in [1.165, 1.54) is 18.9 Å². The highest BCUT2D eigenvalue weighted by molar-refractivity contribution is 5.93. The molecule has 14 heavy (non-hydrogen) atoms. The summed E-state index contributed by atoms with van der Waals surface area (Å²) in [5.41, 5.74) is 2.81. The molecule has 2 heterocycles. The molecule has 2 N–H and O–H groups in total. The Morgan fingerprint density at radius 3 is 3.00 bits per heavy atom. The number of aromatic nitrogens is 1. The van der Waals surface area contributed by atoms with Gasteiger partial charge in [-0.05, 0) is 18.8 Å². The van der Waals surface area contributed by atoms with E-state index in [2.05, 4.69) is 4.98 Å². The molecule has 0 unspecified atom stereocenters. The van der Waals surface area contributed by atoms with Gasteiger partial charge in [0, 0.05) is 11.6 Å². The molecule has 4 nitrogen and oxygen atoms in total. The van der Waals surface area contributed by atoms with Gasteiger partial charge in [-0.1, -0.05) is 0 Å². The Labute approximate surface area is 79.5 Å². The van der Waals surface area contributed by atoms with Crippen molar-refractivity contribution < 1.29 is 14.3 Å². The number of carboxylic acids is 1.